The molecule has 0 saturated carbocycles. The van der Waals surface area contributed by atoms with Crippen LogP contribution in [-0.2, 0) is 4.74 Å². The summed E-state index contributed by atoms with van der Waals surface area (Å²) in [6.45, 7) is 1.51. The summed E-state index contributed by atoms with van der Waals surface area (Å²) in [6, 6.07) is 1.89. The number of morpholine rings is 1. The molecule has 1 aliphatic rings. The number of nitrogens with zero attached hydrogens (tertiary/aromatic N) is 1. The lowest BCUT2D eigenvalue weighted by Gasteiger charge is -2.32. The van der Waals surface area contributed by atoms with Gasteiger partial charge in [0.05, 0.1) is 21.6 Å². The molecule has 92 valence electrons. The third kappa shape index (κ3) is 3.15. The number of thiocarbonyl (C=S) groups is 1. The number of amides is 1. The molecule has 4 nitrogen and oxygen atoms in total. The van der Waals surface area contributed by atoms with Crippen LogP contribution in [0, 0.1) is 2.88 Å². The number of rotatable bonds is 2. The van der Waals surface area contributed by atoms with E-state index in [9.17, 15) is 4.79 Å². The monoisotopic (exact) mass is 382 g/mol. The second kappa shape index (κ2) is 5.59. The molecule has 2 rings (SSSR count). The van der Waals surface area contributed by atoms with Crippen LogP contribution in [0.1, 0.15) is 10.4 Å². The van der Waals surface area contributed by atoms with Crippen molar-refractivity contribution in [1.82, 2.24) is 4.90 Å². The summed E-state index contributed by atoms with van der Waals surface area (Å²) in [5.41, 5.74) is 6.27. The first-order valence-electron chi connectivity index (χ1n) is 5.02. The molecule has 0 aliphatic carbocycles. The van der Waals surface area contributed by atoms with E-state index in [1.54, 1.807) is 16.2 Å². The van der Waals surface area contributed by atoms with E-state index in [4.69, 9.17) is 22.7 Å². The molecule has 0 spiro atoms. The SMILES string of the molecule is NC(=S)C1CN(C(=O)c2csc(I)c2)CCO1. The lowest BCUT2D eigenvalue weighted by molar-refractivity contribution is 0.00881. The number of hydrogen-bond donors (Lipinski definition) is 1. The second-order valence-electron chi connectivity index (χ2n) is 3.65. The van der Waals surface area contributed by atoms with Crippen LogP contribution in [0.25, 0.3) is 0 Å². The number of carbonyl (C=O) groups is 1. The summed E-state index contributed by atoms with van der Waals surface area (Å²) in [5, 5.41) is 1.87. The van der Waals surface area contributed by atoms with Crippen LogP contribution in [0.3, 0.4) is 0 Å². The van der Waals surface area contributed by atoms with E-state index >= 15 is 0 Å². The van der Waals surface area contributed by atoms with Crippen molar-refractivity contribution in [3.63, 3.8) is 0 Å². The molecule has 0 aromatic carbocycles. The van der Waals surface area contributed by atoms with Crippen LogP contribution in [-0.4, -0.2) is 41.6 Å². The number of hydrogen-bond acceptors (Lipinski definition) is 4. The van der Waals surface area contributed by atoms with E-state index in [-0.39, 0.29) is 12.0 Å². The zero-order valence-electron chi connectivity index (χ0n) is 8.89. The molecule has 2 N–H and O–H groups in total. The number of thiophene rings is 1. The fourth-order valence-electron chi connectivity index (χ4n) is 1.61. The van der Waals surface area contributed by atoms with Gasteiger partial charge >= 0.3 is 0 Å². The predicted molar refractivity (Wildman–Crippen MR) is 79.5 cm³/mol. The van der Waals surface area contributed by atoms with Gasteiger partial charge in [-0.25, -0.2) is 0 Å². The van der Waals surface area contributed by atoms with Gasteiger partial charge in [0.15, 0.2) is 0 Å². The Balaban J connectivity index is 2.07. The Bertz CT molecular complexity index is 449. The Hall–Kier alpha value is -0.250. The van der Waals surface area contributed by atoms with Crippen LogP contribution in [0.4, 0.5) is 0 Å². The molecule has 1 fully saturated rings. The van der Waals surface area contributed by atoms with E-state index in [1.165, 1.54) is 0 Å². The largest absolute Gasteiger partial charge is 0.391 e. The molecule has 1 amide bonds. The van der Waals surface area contributed by atoms with Gasteiger partial charge in [-0.3, -0.25) is 4.79 Å². The number of nitrogens with two attached hydrogens (primary N) is 1. The maximum Gasteiger partial charge on any atom is 0.254 e. The molecule has 7 heteroatoms. The molecular weight excluding hydrogens is 371 g/mol. The molecule has 1 atom stereocenters. The van der Waals surface area contributed by atoms with Crippen LogP contribution in [0.5, 0.6) is 0 Å². The molecular formula is C10H11IN2O2S2. The molecule has 1 aliphatic heterocycles. The highest BCUT2D eigenvalue weighted by Crippen LogP contribution is 2.19. The summed E-state index contributed by atoms with van der Waals surface area (Å²) in [6.07, 6.45) is -0.319. The first kappa shape index (κ1) is 13.2. The normalized spacial score (nSPS) is 20.3. The Morgan fingerprint density at radius 1 is 1.71 bits per heavy atom. The topological polar surface area (TPSA) is 55.6 Å². The van der Waals surface area contributed by atoms with Gasteiger partial charge in [0, 0.05) is 11.9 Å². The molecule has 1 unspecified atom stereocenters. The fraction of sp³-hybridized carbons (Fsp3) is 0.400. The summed E-state index contributed by atoms with van der Waals surface area (Å²) in [4.78, 5) is 14.2. The third-order valence-electron chi connectivity index (χ3n) is 2.49. The molecule has 1 saturated heterocycles. The Kier molecular flexibility index (Phi) is 4.34. The zero-order valence-corrected chi connectivity index (χ0v) is 12.7. The smallest absolute Gasteiger partial charge is 0.254 e. The average Bonchev–Trinajstić information content (AvgIpc) is 2.75. The van der Waals surface area contributed by atoms with E-state index < -0.39 is 0 Å². The van der Waals surface area contributed by atoms with Crippen molar-refractivity contribution < 1.29 is 9.53 Å². The van der Waals surface area contributed by atoms with Gasteiger partial charge in [-0.05, 0) is 28.7 Å². The highest BCUT2D eigenvalue weighted by molar-refractivity contribution is 14.1. The van der Waals surface area contributed by atoms with E-state index in [0.717, 1.165) is 8.45 Å². The quantitative estimate of drug-likeness (QED) is 0.622. The maximum absolute atomic E-state index is 12.2. The van der Waals surface area contributed by atoms with Crippen molar-refractivity contribution in [1.29, 1.82) is 0 Å². The first-order chi connectivity index (χ1) is 8.08. The number of halogens is 1. The Labute approximate surface area is 122 Å². The summed E-state index contributed by atoms with van der Waals surface area (Å²) in [5.74, 6) is 0.0220. The highest BCUT2D eigenvalue weighted by Gasteiger charge is 2.26. The fourth-order valence-corrected chi connectivity index (χ4v) is 3.07. The van der Waals surface area contributed by atoms with Gasteiger partial charge in [-0.1, -0.05) is 12.2 Å². The standard InChI is InChI=1S/C10H11IN2O2S2/c11-8-3-6(5-17-8)10(14)13-1-2-15-7(4-13)9(12)16/h3,5,7H,1-2,4H2,(H2,12,16). The van der Waals surface area contributed by atoms with E-state index in [2.05, 4.69) is 22.6 Å². The maximum atomic E-state index is 12.2. The summed E-state index contributed by atoms with van der Waals surface area (Å²) < 4.78 is 6.50. The van der Waals surface area contributed by atoms with Gasteiger partial charge in [0.25, 0.3) is 5.91 Å². The van der Waals surface area contributed by atoms with Crippen LogP contribution >= 0.6 is 46.1 Å². The molecule has 1 aromatic heterocycles. The van der Waals surface area contributed by atoms with Crippen molar-refractivity contribution in [2.24, 2.45) is 5.73 Å². The van der Waals surface area contributed by atoms with Gasteiger partial charge in [0.2, 0.25) is 0 Å². The van der Waals surface area contributed by atoms with Gasteiger partial charge in [0.1, 0.15) is 11.1 Å². The minimum absolute atomic E-state index is 0.0220. The van der Waals surface area contributed by atoms with Crippen LogP contribution in [0.2, 0.25) is 0 Å². The third-order valence-corrected chi connectivity index (χ3v) is 4.54. The van der Waals surface area contributed by atoms with Crippen molar-refractivity contribution in [3.8, 4) is 0 Å². The summed E-state index contributed by atoms with van der Waals surface area (Å²) in [7, 11) is 0. The lowest BCUT2D eigenvalue weighted by Crippen LogP contribution is -2.49. The minimum Gasteiger partial charge on any atom is -0.391 e. The van der Waals surface area contributed by atoms with E-state index in [1.807, 2.05) is 11.4 Å². The highest BCUT2D eigenvalue weighted by atomic mass is 127. The number of carbonyl (C=O) groups excluding carboxylic acids is 1. The Morgan fingerprint density at radius 3 is 3.06 bits per heavy atom. The second-order valence-corrected chi connectivity index (χ2v) is 6.93. The molecule has 0 radical (unpaired) electrons. The van der Waals surface area contributed by atoms with Gasteiger partial charge < -0.3 is 15.4 Å². The van der Waals surface area contributed by atoms with Crippen molar-refractivity contribution in [2.45, 2.75) is 6.10 Å². The van der Waals surface area contributed by atoms with Crippen molar-refractivity contribution in [2.75, 3.05) is 19.7 Å². The first-order valence-corrected chi connectivity index (χ1v) is 7.39. The summed E-state index contributed by atoms with van der Waals surface area (Å²) >= 11 is 8.65. The molecule has 17 heavy (non-hydrogen) atoms. The van der Waals surface area contributed by atoms with Crippen LogP contribution < -0.4 is 5.73 Å². The average molecular weight is 382 g/mol. The molecule has 2 heterocycles. The van der Waals surface area contributed by atoms with Crippen molar-refractivity contribution >= 4 is 57.0 Å². The van der Waals surface area contributed by atoms with E-state index in [0.29, 0.717) is 24.7 Å². The molecule has 0 bridgehead atoms. The molecule has 1 aromatic rings. The minimum atomic E-state index is -0.319. The number of ether oxygens (including phenoxy) is 1. The Morgan fingerprint density at radius 2 is 2.47 bits per heavy atom. The lowest BCUT2D eigenvalue weighted by atomic mass is 10.2. The van der Waals surface area contributed by atoms with Gasteiger partial charge in [-0.2, -0.15) is 0 Å². The zero-order chi connectivity index (χ0) is 12.4. The van der Waals surface area contributed by atoms with Crippen LogP contribution in [0.15, 0.2) is 11.4 Å². The van der Waals surface area contributed by atoms with Gasteiger partial charge in [-0.15, -0.1) is 11.3 Å². The predicted octanol–water partition coefficient (Wildman–Crippen LogP) is 1.48. The van der Waals surface area contributed by atoms with Crippen molar-refractivity contribution in [3.05, 3.63) is 19.9 Å².